The molecule has 2 aromatic heterocycles. The first-order valence-electron chi connectivity index (χ1n) is 10.2. The lowest BCUT2D eigenvalue weighted by Crippen LogP contribution is -2.48. The number of para-hydroxylation sites is 1. The number of amides is 1. The summed E-state index contributed by atoms with van der Waals surface area (Å²) in [5, 5.41) is 5.49. The molecule has 7 nitrogen and oxygen atoms in total. The van der Waals surface area contributed by atoms with Crippen molar-refractivity contribution in [2.24, 2.45) is 7.05 Å². The Kier molecular flexibility index (Phi) is 5.09. The van der Waals surface area contributed by atoms with Crippen LogP contribution in [0.4, 0.5) is 5.69 Å². The van der Waals surface area contributed by atoms with Gasteiger partial charge in [0.2, 0.25) is 0 Å². The molecule has 1 amide bonds. The smallest absolute Gasteiger partial charge is 0.253 e. The highest BCUT2D eigenvalue weighted by Crippen LogP contribution is 2.32. The second-order valence-corrected chi connectivity index (χ2v) is 7.47. The number of fused-ring (bicyclic) bond motifs is 1. The molecule has 1 aliphatic rings. The molecule has 7 heteroatoms. The summed E-state index contributed by atoms with van der Waals surface area (Å²) in [6.07, 6.45) is 3.44. The molecule has 2 aromatic carbocycles. The summed E-state index contributed by atoms with van der Waals surface area (Å²) in [6.45, 7) is 0.811. The van der Waals surface area contributed by atoms with Crippen molar-refractivity contribution in [1.82, 2.24) is 14.8 Å². The van der Waals surface area contributed by atoms with Crippen molar-refractivity contribution in [3.63, 3.8) is 0 Å². The van der Waals surface area contributed by atoms with Crippen LogP contribution >= 0.6 is 0 Å². The van der Waals surface area contributed by atoms with E-state index in [1.807, 2.05) is 73.9 Å². The quantitative estimate of drug-likeness (QED) is 0.500. The number of ether oxygens (including phenoxy) is 2. The molecule has 156 valence electrons. The SMILES string of the molecule is Cn1ccc(-c2ccc(OC[C@@H]3CN(c4ccccc4)C(=O)CO3)c3ncccc23)n1. The summed E-state index contributed by atoms with van der Waals surface area (Å²) in [5.74, 6) is 0.635. The van der Waals surface area contributed by atoms with Crippen LogP contribution in [-0.2, 0) is 16.6 Å². The van der Waals surface area contributed by atoms with E-state index >= 15 is 0 Å². The van der Waals surface area contributed by atoms with Crippen molar-refractivity contribution in [2.75, 3.05) is 24.7 Å². The monoisotopic (exact) mass is 414 g/mol. The molecule has 4 aromatic rings. The molecule has 5 rings (SSSR count). The van der Waals surface area contributed by atoms with Crippen molar-refractivity contribution in [3.05, 3.63) is 73.1 Å². The minimum atomic E-state index is -0.230. The van der Waals surface area contributed by atoms with Gasteiger partial charge in [0.1, 0.15) is 30.6 Å². The van der Waals surface area contributed by atoms with E-state index in [1.165, 1.54) is 0 Å². The maximum absolute atomic E-state index is 12.3. The van der Waals surface area contributed by atoms with E-state index in [0.29, 0.717) is 18.9 Å². The predicted octanol–water partition coefficient (Wildman–Crippen LogP) is 3.45. The van der Waals surface area contributed by atoms with Gasteiger partial charge in [-0.1, -0.05) is 24.3 Å². The Labute approximate surface area is 179 Å². The molecule has 31 heavy (non-hydrogen) atoms. The molecule has 1 atom stereocenters. The molecule has 0 N–H and O–H groups in total. The Hall–Kier alpha value is -3.71. The third-order valence-corrected chi connectivity index (χ3v) is 5.34. The molecule has 0 saturated carbocycles. The molecule has 0 aliphatic carbocycles. The Morgan fingerprint density at radius 1 is 1.10 bits per heavy atom. The lowest BCUT2D eigenvalue weighted by molar-refractivity contribution is -0.130. The van der Waals surface area contributed by atoms with Gasteiger partial charge in [-0.3, -0.25) is 14.5 Å². The predicted molar refractivity (Wildman–Crippen MR) is 118 cm³/mol. The first-order valence-corrected chi connectivity index (χ1v) is 10.2. The second kappa shape index (κ2) is 8.20. The fraction of sp³-hybridized carbons (Fsp3) is 0.208. The molecule has 0 spiro atoms. The van der Waals surface area contributed by atoms with E-state index in [2.05, 4.69) is 10.1 Å². The molecule has 3 heterocycles. The van der Waals surface area contributed by atoms with E-state index < -0.39 is 0 Å². The summed E-state index contributed by atoms with van der Waals surface area (Å²) in [7, 11) is 1.90. The molecule has 1 saturated heterocycles. The maximum atomic E-state index is 12.3. The standard InChI is InChI=1S/C24H22N4O3/c1-27-13-11-21(26-27)19-9-10-22(24-20(19)8-5-12-25-24)31-15-18-14-28(23(29)16-30-18)17-6-3-2-4-7-17/h2-13,18H,14-16H2,1H3/t18-/m0/s1. The van der Waals surface area contributed by atoms with Crippen LogP contribution in [0.1, 0.15) is 0 Å². The van der Waals surface area contributed by atoms with Gasteiger partial charge in [-0.05, 0) is 36.4 Å². The minimum absolute atomic E-state index is 0.0422. The summed E-state index contributed by atoms with van der Waals surface area (Å²) in [4.78, 5) is 18.6. The third kappa shape index (κ3) is 3.87. The highest BCUT2D eigenvalue weighted by Gasteiger charge is 2.28. The number of hydrogen-bond donors (Lipinski definition) is 0. The van der Waals surface area contributed by atoms with E-state index in [0.717, 1.165) is 27.8 Å². The zero-order valence-electron chi connectivity index (χ0n) is 17.1. The van der Waals surface area contributed by atoms with Gasteiger partial charge in [-0.2, -0.15) is 5.10 Å². The van der Waals surface area contributed by atoms with Gasteiger partial charge in [0, 0.05) is 36.1 Å². The number of carbonyl (C=O) groups is 1. The minimum Gasteiger partial charge on any atom is -0.489 e. The molecule has 0 unspecified atom stereocenters. The lowest BCUT2D eigenvalue weighted by atomic mass is 10.1. The Balaban J connectivity index is 1.36. The van der Waals surface area contributed by atoms with Gasteiger partial charge >= 0.3 is 0 Å². The van der Waals surface area contributed by atoms with Crippen molar-refractivity contribution in [3.8, 4) is 17.0 Å². The number of aryl methyl sites for hydroxylation is 1. The number of benzene rings is 2. The fourth-order valence-corrected chi connectivity index (χ4v) is 3.81. The van der Waals surface area contributed by atoms with Gasteiger partial charge in [-0.15, -0.1) is 0 Å². The number of pyridine rings is 1. The second-order valence-electron chi connectivity index (χ2n) is 7.47. The van der Waals surface area contributed by atoms with Crippen LogP contribution in [0, 0.1) is 0 Å². The van der Waals surface area contributed by atoms with Crippen LogP contribution in [0.25, 0.3) is 22.2 Å². The zero-order valence-corrected chi connectivity index (χ0v) is 17.1. The molecule has 0 radical (unpaired) electrons. The molecule has 0 bridgehead atoms. The lowest BCUT2D eigenvalue weighted by Gasteiger charge is -2.32. The van der Waals surface area contributed by atoms with Crippen LogP contribution in [0.2, 0.25) is 0 Å². The van der Waals surface area contributed by atoms with Gasteiger partial charge < -0.3 is 14.4 Å². The highest BCUT2D eigenvalue weighted by molar-refractivity contribution is 5.97. The van der Waals surface area contributed by atoms with Gasteiger partial charge in [0.25, 0.3) is 5.91 Å². The number of anilines is 1. The van der Waals surface area contributed by atoms with Gasteiger partial charge in [0.15, 0.2) is 0 Å². The number of hydrogen-bond acceptors (Lipinski definition) is 5. The van der Waals surface area contributed by atoms with Crippen molar-refractivity contribution in [2.45, 2.75) is 6.10 Å². The zero-order chi connectivity index (χ0) is 21.2. The Bertz CT molecular complexity index is 1220. The largest absolute Gasteiger partial charge is 0.489 e. The molecular weight excluding hydrogens is 392 g/mol. The number of aromatic nitrogens is 3. The Morgan fingerprint density at radius 2 is 1.97 bits per heavy atom. The van der Waals surface area contributed by atoms with Crippen LogP contribution < -0.4 is 9.64 Å². The van der Waals surface area contributed by atoms with Crippen molar-refractivity contribution in [1.29, 1.82) is 0 Å². The average Bonchev–Trinajstić information content (AvgIpc) is 3.25. The molecular formula is C24H22N4O3. The van der Waals surface area contributed by atoms with E-state index in [4.69, 9.17) is 9.47 Å². The van der Waals surface area contributed by atoms with Crippen LogP contribution in [0.5, 0.6) is 5.75 Å². The average molecular weight is 414 g/mol. The summed E-state index contributed by atoms with van der Waals surface area (Å²) >= 11 is 0. The van der Waals surface area contributed by atoms with Gasteiger partial charge in [0.05, 0.1) is 12.2 Å². The van der Waals surface area contributed by atoms with E-state index in [1.54, 1.807) is 15.8 Å². The van der Waals surface area contributed by atoms with Crippen LogP contribution in [0.3, 0.4) is 0 Å². The first-order chi connectivity index (χ1) is 15.2. The number of carbonyl (C=O) groups excluding carboxylic acids is 1. The van der Waals surface area contributed by atoms with Crippen molar-refractivity contribution < 1.29 is 14.3 Å². The molecule has 1 aliphatic heterocycles. The summed E-state index contributed by atoms with van der Waals surface area (Å²) in [5.41, 5.74) is 3.54. The highest BCUT2D eigenvalue weighted by atomic mass is 16.5. The number of morpholine rings is 1. The molecule has 1 fully saturated rings. The van der Waals surface area contributed by atoms with Crippen LogP contribution in [0.15, 0.2) is 73.1 Å². The number of rotatable bonds is 5. The van der Waals surface area contributed by atoms with Crippen LogP contribution in [-0.4, -0.2) is 46.5 Å². The van der Waals surface area contributed by atoms with E-state index in [-0.39, 0.29) is 18.6 Å². The van der Waals surface area contributed by atoms with Gasteiger partial charge in [-0.25, -0.2) is 0 Å². The number of nitrogens with zero attached hydrogens (tertiary/aromatic N) is 4. The van der Waals surface area contributed by atoms with Crippen molar-refractivity contribution >= 4 is 22.5 Å². The van der Waals surface area contributed by atoms with E-state index in [9.17, 15) is 4.79 Å². The summed E-state index contributed by atoms with van der Waals surface area (Å²) in [6, 6.07) is 19.5. The summed E-state index contributed by atoms with van der Waals surface area (Å²) < 4.78 is 13.6. The topological polar surface area (TPSA) is 69.5 Å². The Morgan fingerprint density at radius 3 is 2.77 bits per heavy atom. The third-order valence-electron chi connectivity index (χ3n) is 5.34. The normalized spacial score (nSPS) is 16.6. The fourth-order valence-electron chi connectivity index (χ4n) is 3.81. The maximum Gasteiger partial charge on any atom is 0.253 e. The first kappa shape index (κ1) is 19.3.